The van der Waals surface area contributed by atoms with Gasteiger partial charge in [0.1, 0.15) is 5.82 Å². The summed E-state index contributed by atoms with van der Waals surface area (Å²) in [6.45, 7) is 14.1. The lowest BCUT2D eigenvalue weighted by Crippen LogP contribution is -2.32. The molecule has 0 aromatic carbocycles. The van der Waals surface area contributed by atoms with E-state index in [4.69, 9.17) is 5.73 Å². The Labute approximate surface area is 112 Å². The minimum Gasteiger partial charge on any atom is -0.385 e. The standard InChI is InChI=1S/C16H26N2/c1-6-18(14-9-7-8-10-14)16(17)15(13(4)5)11-12(2)3/h6,11,14H,1,4,7-10,17H2,2-3,5H3/b16-15+. The van der Waals surface area contributed by atoms with E-state index in [1.165, 1.54) is 31.3 Å². The Kier molecular flexibility index (Phi) is 5.26. The van der Waals surface area contributed by atoms with Gasteiger partial charge in [-0.3, -0.25) is 0 Å². The molecule has 1 aliphatic rings. The van der Waals surface area contributed by atoms with E-state index in [1.807, 2.05) is 13.1 Å². The Hall–Kier alpha value is -1.44. The van der Waals surface area contributed by atoms with Crippen LogP contribution in [-0.2, 0) is 0 Å². The maximum absolute atomic E-state index is 6.33. The average Bonchev–Trinajstić information content (AvgIpc) is 2.79. The van der Waals surface area contributed by atoms with Crippen LogP contribution in [0.5, 0.6) is 0 Å². The molecule has 0 atom stereocenters. The van der Waals surface area contributed by atoms with Crippen molar-refractivity contribution in [3.8, 4) is 0 Å². The molecule has 0 bridgehead atoms. The van der Waals surface area contributed by atoms with Crippen molar-refractivity contribution in [3.05, 3.63) is 48.0 Å². The molecule has 2 nitrogen and oxygen atoms in total. The van der Waals surface area contributed by atoms with E-state index in [1.54, 1.807) is 0 Å². The first-order valence-electron chi connectivity index (χ1n) is 6.68. The summed E-state index contributed by atoms with van der Waals surface area (Å²) >= 11 is 0. The fourth-order valence-electron chi connectivity index (χ4n) is 2.47. The summed E-state index contributed by atoms with van der Waals surface area (Å²) in [5, 5.41) is 0. The highest BCUT2D eigenvalue weighted by atomic mass is 15.2. The van der Waals surface area contributed by atoms with E-state index in [0.717, 1.165) is 17.0 Å². The van der Waals surface area contributed by atoms with Crippen LogP contribution in [0.15, 0.2) is 48.0 Å². The minimum atomic E-state index is 0.502. The largest absolute Gasteiger partial charge is 0.385 e. The lowest BCUT2D eigenvalue weighted by molar-refractivity contribution is 0.339. The zero-order chi connectivity index (χ0) is 13.7. The van der Waals surface area contributed by atoms with Crippen LogP contribution in [0.25, 0.3) is 0 Å². The second-order valence-corrected chi connectivity index (χ2v) is 5.33. The average molecular weight is 246 g/mol. The van der Waals surface area contributed by atoms with Crippen molar-refractivity contribution in [1.29, 1.82) is 0 Å². The van der Waals surface area contributed by atoms with Gasteiger partial charge in [-0.05, 0) is 45.4 Å². The minimum absolute atomic E-state index is 0.502. The third-order valence-electron chi connectivity index (χ3n) is 3.36. The second-order valence-electron chi connectivity index (χ2n) is 5.33. The quantitative estimate of drug-likeness (QED) is 0.740. The number of hydrogen-bond donors (Lipinski definition) is 1. The fourth-order valence-corrected chi connectivity index (χ4v) is 2.47. The molecule has 0 radical (unpaired) electrons. The van der Waals surface area contributed by atoms with Crippen LogP contribution in [0.2, 0.25) is 0 Å². The zero-order valence-corrected chi connectivity index (χ0v) is 12.0. The molecule has 1 fully saturated rings. The summed E-state index contributed by atoms with van der Waals surface area (Å²) in [4.78, 5) is 2.12. The summed E-state index contributed by atoms with van der Waals surface area (Å²) in [5.74, 6) is 0.783. The second kappa shape index (κ2) is 6.48. The topological polar surface area (TPSA) is 29.3 Å². The molecule has 1 aliphatic carbocycles. The molecule has 0 aromatic rings. The van der Waals surface area contributed by atoms with E-state index in [0.29, 0.717) is 6.04 Å². The summed E-state index contributed by atoms with van der Waals surface area (Å²) in [5.41, 5.74) is 9.59. The van der Waals surface area contributed by atoms with Crippen molar-refractivity contribution in [1.82, 2.24) is 4.90 Å². The van der Waals surface area contributed by atoms with Gasteiger partial charge < -0.3 is 10.6 Å². The molecule has 100 valence electrons. The van der Waals surface area contributed by atoms with E-state index < -0.39 is 0 Å². The van der Waals surface area contributed by atoms with Crippen molar-refractivity contribution in [2.45, 2.75) is 52.5 Å². The number of nitrogens with zero attached hydrogens (tertiary/aromatic N) is 1. The van der Waals surface area contributed by atoms with E-state index in [-0.39, 0.29) is 0 Å². The van der Waals surface area contributed by atoms with Crippen molar-refractivity contribution in [3.63, 3.8) is 0 Å². The van der Waals surface area contributed by atoms with Crippen molar-refractivity contribution < 1.29 is 0 Å². The van der Waals surface area contributed by atoms with Crippen molar-refractivity contribution in [2.24, 2.45) is 5.73 Å². The van der Waals surface area contributed by atoms with Gasteiger partial charge in [0.15, 0.2) is 0 Å². The molecule has 0 aromatic heterocycles. The molecule has 2 N–H and O–H groups in total. The summed E-state index contributed by atoms with van der Waals surface area (Å²) in [7, 11) is 0. The predicted octanol–water partition coefficient (Wildman–Crippen LogP) is 4.09. The van der Waals surface area contributed by atoms with Crippen LogP contribution in [0.4, 0.5) is 0 Å². The molecule has 0 heterocycles. The Bertz CT molecular complexity index is 378. The van der Waals surface area contributed by atoms with Gasteiger partial charge >= 0.3 is 0 Å². The third kappa shape index (κ3) is 3.52. The highest BCUT2D eigenvalue weighted by molar-refractivity contribution is 5.41. The van der Waals surface area contributed by atoms with Gasteiger partial charge in [0.2, 0.25) is 0 Å². The summed E-state index contributed by atoms with van der Waals surface area (Å²) < 4.78 is 0. The number of hydrogen-bond acceptors (Lipinski definition) is 2. The zero-order valence-electron chi connectivity index (χ0n) is 12.0. The number of allylic oxidation sites excluding steroid dienone is 4. The van der Waals surface area contributed by atoms with Crippen LogP contribution in [0.1, 0.15) is 46.5 Å². The van der Waals surface area contributed by atoms with E-state index >= 15 is 0 Å². The first-order valence-corrected chi connectivity index (χ1v) is 6.68. The molecule has 1 rings (SSSR count). The van der Waals surface area contributed by atoms with E-state index in [2.05, 4.69) is 38.0 Å². The van der Waals surface area contributed by atoms with Gasteiger partial charge in [-0.2, -0.15) is 0 Å². The van der Waals surface area contributed by atoms with E-state index in [9.17, 15) is 0 Å². The molecular formula is C16H26N2. The Morgan fingerprint density at radius 2 is 1.78 bits per heavy atom. The molecule has 0 amide bonds. The van der Waals surface area contributed by atoms with Gasteiger partial charge in [-0.1, -0.05) is 37.6 Å². The van der Waals surface area contributed by atoms with Crippen LogP contribution in [0, 0.1) is 0 Å². The number of rotatable bonds is 5. The molecule has 0 spiro atoms. The summed E-state index contributed by atoms with van der Waals surface area (Å²) in [6, 6.07) is 0.502. The fraction of sp³-hybridized carbons (Fsp3) is 0.500. The van der Waals surface area contributed by atoms with Gasteiger partial charge in [0.25, 0.3) is 0 Å². The molecule has 2 heteroatoms. The maximum atomic E-state index is 6.33. The van der Waals surface area contributed by atoms with Crippen LogP contribution >= 0.6 is 0 Å². The van der Waals surface area contributed by atoms with Gasteiger partial charge in [0.05, 0.1) is 0 Å². The van der Waals surface area contributed by atoms with Crippen molar-refractivity contribution >= 4 is 0 Å². The molecule has 0 saturated heterocycles. The van der Waals surface area contributed by atoms with Gasteiger partial charge in [-0.25, -0.2) is 0 Å². The van der Waals surface area contributed by atoms with Crippen LogP contribution in [0.3, 0.4) is 0 Å². The van der Waals surface area contributed by atoms with Crippen LogP contribution in [-0.4, -0.2) is 10.9 Å². The SMILES string of the molecule is C=CN(/C(N)=C(\C=C(C)C)C(=C)C)C1CCCC1. The van der Waals surface area contributed by atoms with Crippen LogP contribution < -0.4 is 5.73 Å². The predicted molar refractivity (Wildman–Crippen MR) is 79.8 cm³/mol. The lowest BCUT2D eigenvalue weighted by Gasteiger charge is -2.29. The highest BCUT2D eigenvalue weighted by Gasteiger charge is 2.22. The first kappa shape index (κ1) is 14.6. The molecular weight excluding hydrogens is 220 g/mol. The third-order valence-corrected chi connectivity index (χ3v) is 3.36. The molecule has 1 saturated carbocycles. The van der Waals surface area contributed by atoms with Gasteiger partial charge in [-0.15, -0.1) is 0 Å². The molecule has 0 unspecified atom stereocenters. The van der Waals surface area contributed by atoms with Crippen molar-refractivity contribution in [2.75, 3.05) is 0 Å². The lowest BCUT2D eigenvalue weighted by atomic mass is 10.1. The smallest absolute Gasteiger partial charge is 0.111 e. The molecule has 0 aliphatic heterocycles. The monoisotopic (exact) mass is 246 g/mol. The van der Waals surface area contributed by atoms with Gasteiger partial charge in [0, 0.05) is 11.6 Å². The Morgan fingerprint density at radius 1 is 1.22 bits per heavy atom. The number of nitrogens with two attached hydrogens (primary N) is 1. The highest BCUT2D eigenvalue weighted by Crippen LogP contribution is 2.27. The summed E-state index contributed by atoms with van der Waals surface area (Å²) in [6.07, 6.45) is 8.92. The maximum Gasteiger partial charge on any atom is 0.111 e. The normalized spacial score (nSPS) is 17.1. The Balaban J connectivity index is 3.10. The molecule has 18 heavy (non-hydrogen) atoms. The first-order chi connectivity index (χ1) is 8.47. The Morgan fingerprint density at radius 3 is 2.17 bits per heavy atom.